The van der Waals surface area contributed by atoms with Crippen LogP contribution >= 0.6 is 11.6 Å². The molecule has 8 heteroatoms. The number of nitrogens with zero attached hydrogens (tertiary/aromatic N) is 6. The van der Waals surface area contributed by atoms with Crippen molar-refractivity contribution in [2.75, 3.05) is 5.32 Å². The van der Waals surface area contributed by atoms with Crippen molar-refractivity contribution in [3.05, 3.63) is 35.5 Å². The van der Waals surface area contributed by atoms with Gasteiger partial charge in [-0.1, -0.05) is 25.4 Å². The third kappa shape index (κ3) is 2.27. The van der Waals surface area contributed by atoms with E-state index < -0.39 is 0 Å². The molecule has 0 aliphatic carbocycles. The third-order valence-electron chi connectivity index (χ3n) is 2.69. The summed E-state index contributed by atoms with van der Waals surface area (Å²) in [5, 5.41) is 16.0. The first-order valence-electron chi connectivity index (χ1n) is 6.11. The first-order valence-corrected chi connectivity index (χ1v) is 6.49. The molecular formula is C12H12ClN7. The van der Waals surface area contributed by atoms with Crippen molar-refractivity contribution in [1.82, 2.24) is 29.8 Å². The van der Waals surface area contributed by atoms with Crippen molar-refractivity contribution in [3.8, 4) is 0 Å². The predicted octanol–water partition coefficient (Wildman–Crippen LogP) is 2.43. The van der Waals surface area contributed by atoms with Gasteiger partial charge in [0.1, 0.15) is 0 Å². The first-order chi connectivity index (χ1) is 9.65. The molecule has 0 saturated carbocycles. The summed E-state index contributed by atoms with van der Waals surface area (Å²) in [7, 11) is 0. The predicted molar refractivity (Wildman–Crippen MR) is 75.2 cm³/mol. The van der Waals surface area contributed by atoms with Gasteiger partial charge in [0.2, 0.25) is 11.6 Å². The fourth-order valence-corrected chi connectivity index (χ4v) is 1.99. The molecular weight excluding hydrogens is 278 g/mol. The third-order valence-corrected chi connectivity index (χ3v) is 2.88. The smallest absolute Gasteiger partial charge is 0.227 e. The van der Waals surface area contributed by atoms with Crippen molar-refractivity contribution in [2.45, 2.75) is 19.8 Å². The van der Waals surface area contributed by atoms with E-state index in [1.54, 1.807) is 29.0 Å². The highest BCUT2D eigenvalue weighted by atomic mass is 35.5. The van der Waals surface area contributed by atoms with Crippen LogP contribution < -0.4 is 5.32 Å². The highest BCUT2D eigenvalue weighted by molar-refractivity contribution is 6.29. The highest BCUT2D eigenvalue weighted by Crippen LogP contribution is 2.23. The summed E-state index contributed by atoms with van der Waals surface area (Å²) in [6, 6.07) is 3.42. The van der Waals surface area contributed by atoms with Crippen LogP contribution in [0, 0.1) is 0 Å². The second-order valence-electron chi connectivity index (χ2n) is 4.53. The van der Waals surface area contributed by atoms with Crippen molar-refractivity contribution in [2.24, 2.45) is 0 Å². The van der Waals surface area contributed by atoms with E-state index in [0.29, 0.717) is 22.4 Å². The minimum Gasteiger partial charge on any atom is -0.321 e. The zero-order valence-electron chi connectivity index (χ0n) is 10.9. The second kappa shape index (κ2) is 5.01. The fraction of sp³-hybridized carbons (Fsp3) is 0.250. The molecule has 0 fully saturated rings. The molecule has 0 saturated heterocycles. The number of hydrogen-bond acceptors (Lipinski definition) is 6. The lowest BCUT2D eigenvalue weighted by Gasteiger charge is -2.07. The Hall–Kier alpha value is -2.28. The molecule has 0 aliphatic heterocycles. The molecule has 7 nitrogen and oxygen atoms in total. The molecule has 20 heavy (non-hydrogen) atoms. The molecule has 3 heterocycles. The van der Waals surface area contributed by atoms with Crippen LogP contribution in [0.1, 0.15) is 25.6 Å². The summed E-state index contributed by atoms with van der Waals surface area (Å²) >= 11 is 6.06. The Morgan fingerprint density at radius 2 is 1.95 bits per heavy atom. The molecule has 3 aromatic rings. The lowest BCUT2D eigenvalue weighted by atomic mass is 10.2. The Labute approximate surface area is 120 Å². The summed E-state index contributed by atoms with van der Waals surface area (Å²) < 4.78 is 1.64. The van der Waals surface area contributed by atoms with E-state index in [1.165, 1.54) is 0 Å². The van der Waals surface area contributed by atoms with Crippen LogP contribution in [0.25, 0.3) is 5.65 Å². The normalized spacial score (nSPS) is 11.2. The van der Waals surface area contributed by atoms with Gasteiger partial charge in [-0.15, -0.1) is 10.2 Å². The van der Waals surface area contributed by atoms with Gasteiger partial charge in [0, 0.05) is 24.4 Å². The number of hydrogen-bond donors (Lipinski definition) is 1. The Morgan fingerprint density at radius 3 is 2.65 bits per heavy atom. The molecule has 0 bridgehead atoms. The number of fused-ring (bicyclic) bond motifs is 1. The number of anilines is 2. The minimum atomic E-state index is 0.191. The van der Waals surface area contributed by atoms with Gasteiger partial charge in [-0.25, -0.2) is 9.97 Å². The molecule has 0 radical (unpaired) electrons. The Balaban J connectivity index is 2.11. The average Bonchev–Trinajstić information content (AvgIpc) is 2.83. The lowest BCUT2D eigenvalue weighted by molar-refractivity contribution is 0.721. The van der Waals surface area contributed by atoms with Crippen LogP contribution in [0.3, 0.4) is 0 Å². The van der Waals surface area contributed by atoms with Gasteiger partial charge in [-0.2, -0.15) is 9.61 Å². The van der Waals surface area contributed by atoms with Crippen LogP contribution in [-0.4, -0.2) is 29.8 Å². The monoisotopic (exact) mass is 289 g/mol. The van der Waals surface area contributed by atoms with Crippen molar-refractivity contribution in [3.63, 3.8) is 0 Å². The van der Waals surface area contributed by atoms with Gasteiger partial charge in [0.15, 0.2) is 11.0 Å². The van der Waals surface area contributed by atoms with E-state index in [2.05, 4.69) is 30.6 Å². The lowest BCUT2D eigenvalue weighted by Crippen LogP contribution is -2.04. The first kappa shape index (κ1) is 12.7. The van der Waals surface area contributed by atoms with E-state index in [1.807, 2.05) is 13.8 Å². The minimum absolute atomic E-state index is 0.191. The van der Waals surface area contributed by atoms with Crippen LogP contribution in [0.15, 0.2) is 24.5 Å². The van der Waals surface area contributed by atoms with Gasteiger partial charge in [-0.05, 0) is 6.07 Å². The Kier molecular flexibility index (Phi) is 3.19. The van der Waals surface area contributed by atoms with Crippen LogP contribution in [0.4, 0.5) is 11.6 Å². The maximum Gasteiger partial charge on any atom is 0.227 e. The van der Waals surface area contributed by atoms with E-state index >= 15 is 0 Å². The topological polar surface area (TPSA) is 80.9 Å². The van der Waals surface area contributed by atoms with E-state index in [4.69, 9.17) is 11.6 Å². The molecule has 3 rings (SSSR count). The molecule has 0 spiro atoms. The molecule has 102 valence electrons. The summed E-state index contributed by atoms with van der Waals surface area (Å²) in [5.74, 6) is 1.40. The van der Waals surface area contributed by atoms with Crippen LogP contribution in [0.5, 0.6) is 0 Å². The number of rotatable bonds is 3. The Bertz CT molecular complexity index is 738. The summed E-state index contributed by atoms with van der Waals surface area (Å²) in [6.07, 6.45) is 3.30. The van der Waals surface area contributed by atoms with Gasteiger partial charge in [0.05, 0.1) is 5.69 Å². The van der Waals surface area contributed by atoms with E-state index in [-0.39, 0.29) is 5.92 Å². The standard InChI is InChI=1S/C12H12ClN7/c1-7(2)10-17-18-11-8(6-9(13)19-20(10)11)16-12-14-4-3-5-15-12/h3-7H,1-2H3,(H,14,15,16). The number of halogens is 1. The Morgan fingerprint density at radius 1 is 1.20 bits per heavy atom. The largest absolute Gasteiger partial charge is 0.321 e. The number of nitrogens with one attached hydrogen (secondary N) is 1. The second-order valence-corrected chi connectivity index (χ2v) is 4.91. The SMILES string of the molecule is CC(C)c1nnc2c(Nc3ncccn3)cc(Cl)nn12. The molecule has 3 aromatic heterocycles. The quantitative estimate of drug-likeness (QED) is 0.797. The average molecular weight is 290 g/mol. The van der Waals surface area contributed by atoms with Crippen LogP contribution in [-0.2, 0) is 0 Å². The molecule has 0 unspecified atom stereocenters. The molecule has 1 N–H and O–H groups in total. The van der Waals surface area contributed by atoms with Crippen molar-refractivity contribution in [1.29, 1.82) is 0 Å². The van der Waals surface area contributed by atoms with E-state index in [9.17, 15) is 0 Å². The zero-order valence-corrected chi connectivity index (χ0v) is 11.7. The fourth-order valence-electron chi connectivity index (χ4n) is 1.80. The molecule has 0 atom stereocenters. The van der Waals surface area contributed by atoms with Crippen molar-refractivity contribution >= 4 is 28.9 Å². The molecule has 0 amide bonds. The van der Waals surface area contributed by atoms with Crippen LogP contribution in [0.2, 0.25) is 5.15 Å². The van der Waals surface area contributed by atoms with Gasteiger partial charge >= 0.3 is 0 Å². The molecule has 0 aliphatic rings. The van der Waals surface area contributed by atoms with E-state index in [0.717, 1.165) is 5.82 Å². The number of aromatic nitrogens is 6. The highest BCUT2D eigenvalue weighted by Gasteiger charge is 2.15. The van der Waals surface area contributed by atoms with Gasteiger partial charge in [0.25, 0.3) is 0 Å². The molecule has 0 aromatic carbocycles. The summed E-state index contributed by atoms with van der Waals surface area (Å²) in [6.45, 7) is 4.04. The van der Waals surface area contributed by atoms with Gasteiger partial charge in [-0.3, -0.25) is 0 Å². The summed E-state index contributed by atoms with van der Waals surface area (Å²) in [5.41, 5.74) is 1.25. The maximum atomic E-state index is 6.06. The summed E-state index contributed by atoms with van der Waals surface area (Å²) in [4.78, 5) is 8.22. The zero-order chi connectivity index (χ0) is 14.1. The van der Waals surface area contributed by atoms with Gasteiger partial charge < -0.3 is 5.32 Å². The van der Waals surface area contributed by atoms with Crippen molar-refractivity contribution < 1.29 is 0 Å². The maximum absolute atomic E-state index is 6.06.